The fraction of sp³-hybridized carbons (Fsp3) is 0.476. The van der Waals surface area contributed by atoms with Crippen LogP contribution in [0.4, 0.5) is 8.78 Å². The Labute approximate surface area is 162 Å². The number of imidazole rings is 1. The molecule has 146 valence electrons. The topological polar surface area (TPSA) is 70.7 Å². The average molecular weight is 384 g/mol. The Morgan fingerprint density at radius 1 is 1.39 bits per heavy atom. The fourth-order valence-electron chi connectivity index (χ4n) is 4.88. The molecule has 1 heterocycles. The zero-order valence-electron chi connectivity index (χ0n) is 15.7. The second-order valence-electron chi connectivity index (χ2n) is 7.98. The number of nitrogens with zero attached hydrogens (tertiary/aromatic N) is 3. The summed E-state index contributed by atoms with van der Waals surface area (Å²) < 4.78 is 29.0. The van der Waals surface area contributed by atoms with Gasteiger partial charge in [0.2, 0.25) is 5.91 Å². The fourth-order valence-corrected chi connectivity index (χ4v) is 4.88. The van der Waals surface area contributed by atoms with E-state index in [1.165, 1.54) is 6.07 Å². The minimum absolute atomic E-state index is 0.0375. The van der Waals surface area contributed by atoms with Crippen LogP contribution in [0, 0.1) is 46.6 Å². The lowest BCUT2D eigenvalue weighted by Crippen LogP contribution is -2.30. The third-order valence-corrected chi connectivity index (χ3v) is 6.33. The van der Waals surface area contributed by atoms with Crippen LogP contribution in [0.15, 0.2) is 30.7 Å². The Kier molecular flexibility index (Phi) is 4.66. The lowest BCUT2D eigenvalue weighted by atomic mass is 9.96. The summed E-state index contributed by atoms with van der Waals surface area (Å²) in [7, 11) is 0. The van der Waals surface area contributed by atoms with Crippen molar-refractivity contribution in [3.63, 3.8) is 0 Å². The maximum atomic E-state index is 13.6. The lowest BCUT2D eigenvalue weighted by Gasteiger charge is -2.20. The molecule has 5 atom stereocenters. The molecule has 0 aliphatic heterocycles. The number of hydrogen-bond acceptors (Lipinski definition) is 3. The van der Waals surface area contributed by atoms with Crippen LogP contribution in [0.1, 0.15) is 38.6 Å². The van der Waals surface area contributed by atoms with Crippen LogP contribution in [0.25, 0.3) is 11.0 Å². The molecule has 1 amide bonds. The van der Waals surface area contributed by atoms with Crippen molar-refractivity contribution in [2.45, 2.75) is 38.6 Å². The van der Waals surface area contributed by atoms with Gasteiger partial charge in [0.05, 0.1) is 23.4 Å². The van der Waals surface area contributed by atoms with E-state index in [2.05, 4.69) is 16.9 Å². The smallest absolute Gasteiger partial charge is 0.227 e. The minimum Gasteiger partial charge on any atom is -0.330 e. The zero-order valence-corrected chi connectivity index (χ0v) is 15.7. The van der Waals surface area contributed by atoms with E-state index >= 15 is 0 Å². The van der Waals surface area contributed by atoms with Gasteiger partial charge in [-0.05, 0) is 37.0 Å². The monoisotopic (exact) mass is 384 g/mol. The summed E-state index contributed by atoms with van der Waals surface area (Å²) in [4.78, 5) is 16.6. The molecule has 0 bridgehead atoms. The van der Waals surface area contributed by atoms with Gasteiger partial charge >= 0.3 is 0 Å². The van der Waals surface area contributed by atoms with Crippen LogP contribution in [-0.4, -0.2) is 15.5 Å². The molecule has 2 aliphatic rings. The Hall–Kier alpha value is -2.75. The quantitative estimate of drug-likeness (QED) is 0.816. The van der Waals surface area contributed by atoms with Crippen molar-refractivity contribution < 1.29 is 13.6 Å². The highest BCUT2D eigenvalue weighted by Gasteiger charge is 2.59. The molecule has 1 aromatic heterocycles. The van der Waals surface area contributed by atoms with E-state index in [0.717, 1.165) is 18.9 Å². The molecule has 3 unspecified atom stereocenters. The highest BCUT2D eigenvalue weighted by atomic mass is 19.2. The number of nitrogens with one attached hydrogen (secondary N) is 1. The van der Waals surface area contributed by atoms with Crippen LogP contribution in [-0.2, 0) is 4.79 Å². The van der Waals surface area contributed by atoms with Gasteiger partial charge in [-0.25, -0.2) is 13.8 Å². The van der Waals surface area contributed by atoms with Crippen molar-refractivity contribution in [3.05, 3.63) is 42.4 Å². The molecule has 2 saturated carbocycles. The third kappa shape index (κ3) is 3.17. The predicted octanol–water partition coefficient (Wildman–Crippen LogP) is 4.08. The van der Waals surface area contributed by atoms with Gasteiger partial charge in [-0.3, -0.25) is 4.79 Å². The van der Waals surface area contributed by atoms with Gasteiger partial charge in [0.25, 0.3) is 0 Å². The number of halogens is 2. The van der Waals surface area contributed by atoms with Crippen molar-refractivity contribution in [1.82, 2.24) is 14.9 Å². The maximum Gasteiger partial charge on any atom is 0.227 e. The number of benzene rings is 1. The molecular formula is C21H22F2N4O. The number of carbonyl (C=O) groups excluding carboxylic acids is 1. The zero-order chi connectivity index (χ0) is 20.0. The first-order chi connectivity index (χ1) is 13.4. The van der Waals surface area contributed by atoms with Crippen molar-refractivity contribution in [2.24, 2.45) is 23.7 Å². The van der Waals surface area contributed by atoms with E-state index in [4.69, 9.17) is 5.26 Å². The molecule has 1 N–H and O–H groups in total. The third-order valence-electron chi connectivity index (χ3n) is 6.33. The lowest BCUT2D eigenvalue weighted by molar-refractivity contribution is -0.124. The van der Waals surface area contributed by atoms with Gasteiger partial charge in [0.1, 0.15) is 0 Å². The summed E-state index contributed by atoms with van der Waals surface area (Å²) in [5.74, 6) is -0.642. The van der Waals surface area contributed by atoms with Crippen molar-refractivity contribution in [3.8, 4) is 6.07 Å². The number of aromatic nitrogens is 2. The summed E-state index contributed by atoms with van der Waals surface area (Å²) >= 11 is 0. The van der Waals surface area contributed by atoms with E-state index < -0.39 is 11.6 Å². The standard InChI is InChI=1S/C21H22F2N4O/c1-11(4-3-5-24)26-21(28)12(2)20-14-6-13(7-15(14)20)27-10-25-18-8-16(22)17(23)9-19(18)27/h8-10,12-15,20H,1,3-4,6-7H2,2H3,(H,26,28)/t12?,13?,14-,15+,20?. The van der Waals surface area contributed by atoms with E-state index in [9.17, 15) is 13.6 Å². The number of nitriles is 1. The molecule has 7 heteroatoms. The molecule has 5 nitrogen and oxygen atoms in total. The summed E-state index contributed by atoms with van der Waals surface area (Å²) in [6.07, 6.45) is 4.29. The van der Waals surface area contributed by atoms with E-state index in [0.29, 0.717) is 47.3 Å². The molecular weight excluding hydrogens is 362 g/mol. The maximum absolute atomic E-state index is 13.6. The van der Waals surface area contributed by atoms with Crippen LogP contribution in [0.3, 0.4) is 0 Å². The van der Waals surface area contributed by atoms with Crippen molar-refractivity contribution in [1.29, 1.82) is 5.26 Å². The Balaban J connectivity index is 1.38. The van der Waals surface area contributed by atoms with E-state index in [1.807, 2.05) is 17.6 Å². The highest BCUT2D eigenvalue weighted by Crippen LogP contribution is 2.63. The Morgan fingerprint density at radius 2 is 2.07 bits per heavy atom. The second kappa shape index (κ2) is 7.01. The van der Waals surface area contributed by atoms with Gasteiger partial charge in [-0.15, -0.1) is 0 Å². The first-order valence-electron chi connectivity index (χ1n) is 9.58. The molecule has 28 heavy (non-hydrogen) atoms. The molecule has 1 aromatic carbocycles. The van der Waals surface area contributed by atoms with E-state index in [-0.39, 0.29) is 17.9 Å². The van der Waals surface area contributed by atoms with Crippen LogP contribution in [0.2, 0.25) is 0 Å². The van der Waals surface area contributed by atoms with Crippen LogP contribution < -0.4 is 5.32 Å². The first-order valence-corrected chi connectivity index (χ1v) is 9.58. The normalized spacial score (nSPS) is 26.5. The highest BCUT2D eigenvalue weighted by molar-refractivity contribution is 5.80. The predicted molar refractivity (Wildman–Crippen MR) is 99.7 cm³/mol. The SMILES string of the molecule is C=C(CCC#N)NC(=O)C(C)C1[C@H]2CC(n3cnc4cc(F)c(F)cc43)C[C@@H]12. The Bertz CT molecular complexity index is 980. The largest absolute Gasteiger partial charge is 0.330 e. The van der Waals surface area contributed by atoms with Gasteiger partial charge in [-0.2, -0.15) is 5.26 Å². The molecule has 0 saturated heterocycles. The average Bonchev–Trinajstić information content (AvgIpc) is 2.99. The number of carbonyl (C=O) groups is 1. The van der Waals surface area contributed by atoms with Crippen LogP contribution in [0.5, 0.6) is 0 Å². The number of amides is 1. The van der Waals surface area contributed by atoms with Crippen molar-refractivity contribution >= 4 is 16.9 Å². The first kappa shape index (κ1) is 18.6. The van der Waals surface area contributed by atoms with Gasteiger partial charge in [0, 0.05) is 36.2 Å². The summed E-state index contributed by atoms with van der Waals surface area (Å²) in [6.45, 7) is 5.74. The number of rotatable bonds is 6. The summed E-state index contributed by atoms with van der Waals surface area (Å²) in [5.41, 5.74) is 1.65. The molecule has 0 radical (unpaired) electrons. The molecule has 2 aliphatic carbocycles. The number of fused-ring (bicyclic) bond motifs is 2. The van der Waals surface area contributed by atoms with Gasteiger partial charge in [0.15, 0.2) is 11.6 Å². The summed E-state index contributed by atoms with van der Waals surface area (Å²) in [5, 5.41) is 11.4. The molecule has 4 rings (SSSR count). The van der Waals surface area contributed by atoms with E-state index in [1.54, 1.807) is 6.33 Å². The van der Waals surface area contributed by atoms with Gasteiger partial charge < -0.3 is 9.88 Å². The van der Waals surface area contributed by atoms with Crippen LogP contribution >= 0.6 is 0 Å². The second-order valence-corrected chi connectivity index (χ2v) is 7.98. The van der Waals surface area contributed by atoms with Gasteiger partial charge in [-0.1, -0.05) is 13.5 Å². The Morgan fingerprint density at radius 3 is 2.75 bits per heavy atom. The molecule has 2 fully saturated rings. The van der Waals surface area contributed by atoms with Crippen molar-refractivity contribution in [2.75, 3.05) is 0 Å². The minimum atomic E-state index is -0.886. The molecule has 0 spiro atoms. The number of allylic oxidation sites excluding steroid dienone is 1. The molecule has 2 aromatic rings. The number of hydrogen-bond donors (Lipinski definition) is 1. The summed E-state index contributed by atoms with van der Waals surface area (Å²) in [6, 6.07) is 4.58.